The van der Waals surface area contributed by atoms with E-state index in [-0.39, 0.29) is 5.91 Å². The Bertz CT molecular complexity index is 558. The molecule has 2 rings (SSSR count). The van der Waals surface area contributed by atoms with E-state index in [1.165, 1.54) is 4.88 Å². The fourth-order valence-electron chi connectivity index (χ4n) is 1.70. The highest BCUT2D eigenvalue weighted by molar-refractivity contribution is 7.09. The molecule has 0 aliphatic carbocycles. The minimum Gasteiger partial charge on any atom is -0.323 e. The van der Waals surface area contributed by atoms with Crippen molar-refractivity contribution in [1.29, 1.82) is 0 Å². The van der Waals surface area contributed by atoms with E-state index in [9.17, 15) is 4.79 Å². The maximum Gasteiger partial charge on any atom is 0.224 e. The third-order valence-electron chi connectivity index (χ3n) is 2.84. The lowest BCUT2D eigenvalue weighted by molar-refractivity contribution is -0.116. The number of amides is 1. The van der Waals surface area contributed by atoms with E-state index in [0.29, 0.717) is 12.5 Å². The summed E-state index contributed by atoms with van der Waals surface area (Å²) >= 11 is 1.60. The minimum atomic E-state index is 0.0103. The summed E-state index contributed by atoms with van der Waals surface area (Å²) in [6.45, 7) is 6.06. The normalized spacial score (nSPS) is 10.9. The molecule has 0 spiro atoms. The summed E-state index contributed by atoms with van der Waals surface area (Å²) in [5.74, 6) is 0.0103. The monoisotopic (exact) mass is 278 g/mol. The molecule has 0 fully saturated rings. The number of carbonyl (C=O) groups is 1. The van der Waals surface area contributed by atoms with Crippen molar-refractivity contribution in [2.45, 2.75) is 39.7 Å². The molecule has 2 aromatic heterocycles. The van der Waals surface area contributed by atoms with Gasteiger partial charge < -0.3 is 5.32 Å². The van der Waals surface area contributed by atoms with Crippen LogP contribution in [0.1, 0.15) is 36.9 Å². The van der Waals surface area contributed by atoms with Crippen LogP contribution in [0.4, 0.5) is 5.69 Å². The summed E-state index contributed by atoms with van der Waals surface area (Å²) in [7, 11) is 0. The maximum absolute atomic E-state index is 11.8. The lowest BCUT2D eigenvalue weighted by atomic mass is 10.2. The molecule has 0 aliphatic rings. The van der Waals surface area contributed by atoms with Crippen LogP contribution in [0.3, 0.4) is 0 Å². The van der Waals surface area contributed by atoms with Crippen LogP contribution in [-0.2, 0) is 11.2 Å². The smallest absolute Gasteiger partial charge is 0.224 e. The molecule has 102 valence electrons. The number of carbonyl (C=O) groups excluding carboxylic acids is 1. The first kappa shape index (κ1) is 13.7. The summed E-state index contributed by atoms with van der Waals surface area (Å²) < 4.78 is 1.82. The van der Waals surface area contributed by atoms with Gasteiger partial charge in [-0.3, -0.25) is 9.48 Å². The van der Waals surface area contributed by atoms with E-state index in [1.807, 2.05) is 37.2 Å². The molecule has 2 heterocycles. The molecule has 5 nitrogen and oxygen atoms in total. The van der Waals surface area contributed by atoms with E-state index < -0.39 is 0 Å². The van der Waals surface area contributed by atoms with E-state index in [0.717, 1.165) is 17.8 Å². The third-order valence-corrected chi connectivity index (χ3v) is 3.83. The van der Waals surface area contributed by atoms with Crippen molar-refractivity contribution in [2.24, 2.45) is 0 Å². The van der Waals surface area contributed by atoms with Gasteiger partial charge in [0, 0.05) is 23.5 Å². The zero-order chi connectivity index (χ0) is 13.8. The van der Waals surface area contributed by atoms with Gasteiger partial charge in [-0.25, -0.2) is 4.98 Å². The van der Waals surface area contributed by atoms with E-state index >= 15 is 0 Å². The van der Waals surface area contributed by atoms with Crippen molar-refractivity contribution < 1.29 is 4.79 Å². The molecule has 0 unspecified atom stereocenters. The summed E-state index contributed by atoms with van der Waals surface area (Å²) in [5, 5.41) is 7.05. The predicted molar refractivity (Wildman–Crippen MR) is 76.4 cm³/mol. The molecule has 2 aromatic rings. The van der Waals surface area contributed by atoms with Crippen LogP contribution in [0, 0.1) is 6.92 Å². The number of anilines is 1. The van der Waals surface area contributed by atoms with Gasteiger partial charge in [-0.05, 0) is 27.2 Å². The lowest BCUT2D eigenvalue weighted by Gasteiger charge is -2.04. The molecule has 0 saturated carbocycles. The average Bonchev–Trinajstić information content (AvgIpc) is 2.96. The number of nitrogens with one attached hydrogen (secondary N) is 1. The second kappa shape index (κ2) is 5.97. The Balaban J connectivity index is 1.85. The Labute approximate surface area is 116 Å². The number of nitrogens with zero attached hydrogens (tertiary/aromatic N) is 3. The maximum atomic E-state index is 11.8. The summed E-state index contributed by atoms with van der Waals surface area (Å²) in [6, 6.07) is 0.297. The second-order valence-electron chi connectivity index (χ2n) is 4.71. The molecule has 0 aliphatic heterocycles. The summed E-state index contributed by atoms with van der Waals surface area (Å²) in [5.41, 5.74) is 3.58. The van der Waals surface area contributed by atoms with Crippen molar-refractivity contribution in [3.8, 4) is 0 Å². The van der Waals surface area contributed by atoms with Crippen LogP contribution in [-0.4, -0.2) is 20.7 Å². The fraction of sp³-hybridized carbons (Fsp3) is 0.462. The van der Waals surface area contributed by atoms with Crippen LogP contribution < -0.4 is 5.32 Å². The first-order valence-electron chi connectivity index (χ1n) is 6.29. The van der Waals surface area contributed by atoms with Gasteiger partial charge in [0.15, 0.2) is 0 Å². The number of rotatable bonds is 5. The summed E-state index contributed by atoms with van der Waals surface area (Å²) in [4.78, 5) is 17.2. The van der Waals surface area contributed by atoms with Gasteiger partial charge in [0.25, 0.3) is 0 Å². The van der Waals surface area contributed by atoms with Gasteiger partial charge in [-0.2, -0.15) is 5.10 Å². The van der Waals surface area contributed by atoms with Crippen LogP contribution in [0.5, 0.6) is 0 Å². The zero-order valence-corrected chi connectivity index (χ0v) is 12.2. The molecule has 0 bridgehead atoms. The number of hydrogen-bond acceptors (Lipinski definition) is 4. The molecule has 19 heavy (non-hydrogen) atoms. The number of aryl methyl sites for hydroxylation is 2. The van der Waals surface area contributed by atoms with Gasteiger partial charge in [-0.15, -0.1) is 11.3 Å². The predicted octanol–water partition coefficient (Wildman–Crippen LogP) is 2.80. The largest absolute Gasteiger partial charge is 0.323 e. The van der Waals surface area contributed by atoms with E-state index in [1.54, 1.807) is 17.5 Å². The first-order valence-corrected chi connectivity index (χ1v) is 7.17. The summed E-state index contributed by atoms with van der Waals surface area (Å²) in [6.07, 6.45) is 4.73. The molecule has 6 heteroatoms. The quantitative estimate of drug-likeness (QED) is 0.915. The Morgan fingerprint density at radius 3 is 2.89 bits per heavy atom. The molecule has 0 saturated heterocycles. The first-order chi connectivity index (χ1) is 9.06. The van der Waals surface area contributed by atoms with Gasteiger partial charge in [0.1, 0.15) is 0 Å². The van der Waals surface area contributed by atoms with Crippen LogP contribution in [0.25, 0.3) is 0 Å². The van der Waals surface area contributed by atoms with Crippen molar-refractivity contribution in [3.05, 3.63) is 28.5 Å². The Morgan fingerprint density at radius 2 is 2.32 bits per heavy atom. The molecular weight excluding hydrogens is 260 g/mol. The minimum absolute atomic E-state index is 0.0103. The van der Waals surface area contributed by atoms with Crippen LogP contribution in [0.15, 0.2) is 17.9 Å². The Hall–Kier alpha value is -1.69. The van der Waals surface area contributed by atoms with Gasteiger partial charge in [0.2, 0.25) is 5.91 Å². The number of hydrogen-bond donors (Lipinski definition) is 1. The standard InChI is InChI=1S/C13H18N4OS/c1-9(2)17-7-11(6-15-17)16-13(18)5-4-12-10(3)14-8-19-12/h6-9H,4-5H2,1-3H3,(H,16,18). The van der Waals surface area contributed by atoms with Crippen molar-refractivity contribution in [1.82, 2.24) is 14.8 Å². The average molecular weight is 278 g/mol. The fourth-order valence-corrected chi connectivity index (χ4v) is 2.48. The topological polar surface area (TPSA) is 59.8 Å². The van der Waals surface area contributed by atoms with Crippen LogP contribution in [0.2, 0.25) is 0 Å². The Morgan fingerprint density at radius 1 is 1.53 bits per heavy atom. The molecule has 0 aromatic carbocycles. The molecule has 1 amide bonds. The molecule has 1 N–H and O–H groups in total. The lowest BCUT2D eigenvalue weighted by Crippen LogP contribution is -2.11. The van der Waals surface area contributed by atoms with E-state index in [2.05, 4.69) is 15.4 Å². The number of aromatic nitrogens is 3. The van der Waals surface area contributed by atoms with Crippen molar-refractivity contribution in [2.75, 3.05) is 5.32 Å². The highest BCUT2D eigenvalue weighted by Crippen LogP contribution is 2.15. The van der Waals surface area contributed by atoms with Gasteiger partial charge in [-0.1, -0.05) is 0 Å². The van der Waals surface area contributed by atoms with Gasteiger partial charge >= 0.3 is 0 Å². The SMILES string of the molecule is Cc1ncsc1CCC(=O)Nc1cnn(C(C)C)c1. The second-order valence-corrected chi connectivity index (χ2v) is 5.65. The van der Waals surface area contributed by atoms with Gasteiger partial charge in [0.05, 0.1) is 23.1 Å². The van der Waals surface area contributed by atoms with E-state index in [4.69, 9.17) is 0 Å². The third kappa shape index (κ3) is 3.64. The highest BCUT2D eigenvalue weighted by Gasteiger charge is 2.08. The molecule has 0 atom stereocenters. The highest BCUT2D eigenvalue weighted by atomic mass is 32.1. The Kier molecular flexibility index (Phi) is 4.31. The molecular formula is C13H18N4OS. The number of thiazole rings is 1. The van der Waals surface area contributed by atoms with Crippen molar-refractivity contribution in [3.63, 3.8) is 0 Å². The van der Waals surface area contributed by atoms with Crippen molar-refractivity contribution >= 4 is 22.9 Å². The molecule has 0 radical (unpaired) electrons. The van der Waals surface area contributed by atoms with Crippen LogP contribution >= 0.6 is 11.3 Å². The zero-order valence-electron chi connectivity index (χ0n) is 11.4.